The molecule has 0 aromatic carbocycles. The molecule has 6 nitrogen and oxygen atoms in total. The summed E-state index contributed by atoms with van der Waals surface area (Å²) in [6, 6.07) is 0. The van der Waals surface area contributed by atoms with Crippen LogP contribution in [0.25, 0.3) is 0 Å². The maximum absolute atomic E-state index is 12.7. The molecule has 1 unspecified atom stereocenters. The Morgan fingerprint density at radius 2 is 0.789 bits per heavy atom. The van der Waals surface area contributed by atoms with Gasteiger partial charge in [-0.2, -0.15) is 0 Å². The van der Waals surface area contributed by atoms with E-state index in [-0.39, 0.29) is 31.6 Å². The first-order chi connectivity index (χ1) is 28.0. The first-order valence-corrected chi connectivity index (χ1v) is 23.2. The normalized spacial score (nSPS) is 12.8. The maximum Gasteiger partial charge on any atom is 0.306 e. The molecule has 57 heavy (non-hydrogen) atoms. The van der Waals surface area contributed by atoms with E-state index in [1.165, 1.54) is 89.9 Å². The molecule has 0 amide bonds. The monoisotopic (exact) mass is 793 g/mol. The molecule has 0 fully saturated rings. The Morgan fingerprint density at radius 1 is 0.386 bits per heavy atom. The summed E-state index contributed by atoms with van der Waals surface area (Å²) in [6.45, 7) is 6.26. The second kappa shape index (κ2) is 45.3. The molecule has 324 valence electrons. The second-order valence-electron chi connectivity index (χ2n) is 15.0. The van der Waals surface area contributed by atoms with Crippen LogP contribution in [0.3, 0.4) is 0 Å². The average Bonchev–Trinajstić information content (AvgIpc) is 3.21. The Hall–Kier alpha value is -3.41. The summed E-state index contributed by atoms with van der Waals surface area (Å²) in [5.74, 6) is -1.03. The van der Waals surface area contributed by atoms with Crippen LogP contribution in [-0.2, 0) is 28.6 Å². The quantitative estimate of drug-likeness (QED) is 0.0202. The van der Waals surface area contributed by atoms with E-state index in [1.54, 1.807) is 0 Å². The first kappa shape index (κ1) is 53.6. The number of ether oxygens (including phenoxy) is 3. The van der Waals surface area contributed by atoms with Gasteiger partial charge < -0.3 is 14.2 Å². The number of carbonyl (C=O) groups is 3. The van der Waals surface area contributed by atoms with E-state index in [1.807, 2.05) is 54.7 Å². The molecule has 6 heteroatoms. The van der Waals surface area contributed by atoms with Crippen LogP contribution < -0.4 is 0 Å². The van der Waals surface area contributed by atoms with E-state index in [4.69, 9.17) is 14.2 Å². The van der Waals surface area contributed by atoms with E-state index in [0.29, 0.717) is 19.3 Å². The number of unbranched alkanes of at least 4 members (excludes halogenated alkanes) is 19. The van der Waals surface area contributed by atoms with Gasteiger partial charge in [0.25, 0.3) is 0 Å². The Balaban J connectivity index is 4.44. The summed E-state index contributed by atoms with van der Waals surface area (Å²) in [4.78, 5) is 37.7. The van der Waals surface area contributed by atoms with E-state index in [2.05, 4.69) is 51.2 Å². The number of esters is 3. The molecular weight excluding hydrogens is 709 g/mol. The molecule has 0 N–H and O–H groups in total. The highest BCUT2D eigenvalue weighted by Crippen LogP contribution is 2.15. The predicted molar refractivity (Wildman–Crippen MR) is 242 cm³/mol. The maximum atomic E-state index is 12.7. The first-order valence-electron chi connectivity index (χ1n) is 23.2. The van der Waals surface area contributed by atoms with Crippen molar-refractivity contribution in [3.8, 4) is 0 Å². The lowest BCUT2D eigenvalue weighted by Crippen LogP contribution is -2.30. The summed E-state index contributed by atoms with van der Waals surface area (Å²) in [6.07, 6.45) is 57.4. The fourth-order valence-electron chi connectivity index (χ4n) is 6.10. The van der Waals surface area contributed by atoms with Crippen LogP contribution in [0.15, 0.2) is 85.1 Å². The Kier molecular flexibility index (Phi) is 42.6. The van der Waals surface area contributed by atoms with Crippen LogP contribution in [0.2, 0.25) is 0 Å². The largest absolute Gasteiger partial charge is 0.462 e. The zero-order valence-electron chi connectivity index (χ0n) is 36.8. The van der Waals surface area contributed by atoms with Crippen LogP contribution in [0, 0.1) is 0 Å². The van der Waals surface area contributed by atoms with Gasteiger partial charge in [0.2, 0.25) is 0 Å². The molecule has 0 rings (SSSR count). The molecule has 0 bridgehead atoms. The second-order valence-corrected chi connectivity index (χ2v) is 15.0. The number of rotatable bonds is 40. The van der Waals surface area contributed by atoms with Crippen LogP contribution in [0.1, 0.15) is 201 Å². The van der Waals surface area contributed by atoms with Crippen LogP contribution in [0.5, 0.6) is 0 Å². The standard InChI is InChI=1S/C51H84O6/c1-4-7-10-13-16-19-21-23-24-25-26-28-29-32-35-38-41-44-50(53)56-47-48(46-55-49(52)43-40-37-34-31-18-15-12-9-6-3)57-51(54)45-42-39-36-33-30-27-22-20-17-14-11-8-5-2/h8-9,11-12,14,17-18,20,22,27,30-31,33,36,48H,4-7,10,13,15-16,19,21,23-26,28-29,32,34-35,37-47H2,1-3H3/b11-8-,12-9-,17-14-,22-20-,30-27-,31-18-,36-33-. The molecule has 0 aromatic heterocycles. The van der Waals surface area contributed by atoms with E-state index in [0.717, 1.165) is 64.2 Å². The molecule has 0 saturated heterocycles. The van der Waals surface area contributed by atoms with Gasteiger partial charge in [0, 0.05) is 19.3 Å². The van der Waals surface area contributed by atoms with Gasteiger partial charge in [-0.1, -0.05) is 209 Å². The van der Waals surface area contributed by atoms with Crippen molar-refractivity contribution in [2.24, 2.45) is 0 Å². The number of carbonyl (C=O) groups excluding carboxylic acids is 3. The smallest absolute Gasteiger partial charge is 0.306 e. The van der Waals surface area contributed by atoms with Gasteiger partial charge in [0.1, 0.15) is 13.2 Å². The number of hydrogen-bond donors (Lipinski definition) is 0. The average molecular weight is 793 g/mol. The fourth-order valence-corrected chi connectivity index (χ4v) is 6.10. The Labute approximate surface area is 350 Å². The van der Waals surface area contributed by atoms with Gasteiger partial charge in [-0.05, 0) is 57.8 Å². The summed E-state index contributed by atoms with van der Waals surface area (Å²) < 4.78 is 16.6. The zero-order chi connectivity index (χ0) is 41.5. The summed E-state index contributed by atoms with van der Waals surface area (Å²) in [5.41, 5.74) is 0. The number of hydrogen-bond acceptors (Lipinski definition) is 6. The van der Waals surface area contributed by atoms with Crippen molar-refractivity contribution >= 4 is 17.9 Å². The van der Waals surface area contributed by atoms with Gasteiger partial charge in [-0.3, -0.25) is 14.4 Å². The molecule has 0 heterocycles. The third-order valence-electron chi connectivity index (χ3n) is 9.52. The van der Waals surface area contributed by atoms with Crippen molar-refractivity contribution in [1.82, 2.24) is 0 Å². The summed E-state index contributed by atoms with van der Waals surface area (Å²) >= 11 is 0. The van der Waals surface area contributed by atoms with E-state index in [9.17, 15) is 14.4 Å². The third-order valence-corrected chi connectivity index (χ3v) is 9.52. The molecule has 0 aliphatic rings. The molecular formula is C51H84O6. The van der Waals surface area contributed by atoms with Crippen LogP contribution >= 0.6 is 0 Å². The van der Waals surface area contributed by atoms with Crippen LogP contribution in [0.4, 0.5) is 0 Å². The predicted octanol–water partition coefficient (Wildman–Crippen LogP) is 14.9. The number of allylic oxidation sites excluding steroid dienone is 14. The van der Waals surface area contributed by atoms with Gasteiger partial charge in [0.15, 0.2) is 6.10 Å². The van der Waals surface area contributed by atoms with Gasteiger partial charge in [-0.25, -0.2) is 0 Å². The molecule has 0 aliphatic carbocycles. The van der Waals surface area contributed by atoms with E-state index < -0.39 is 12.1 Å². The minimum atomic E-state index is -0.822. The Morgan fingerprint density at radius 3 is 1.30 bits per heavy atom. The molecule has 0 aromatic rings. The van der Waals surface area contributed by atoms with Crippen molar-refractivity contribution in [3.63, 3.8) is 0 Å². The van der Waals surface area contributed by atoms with Gasteiger partial charge in [-0.15, -0.1) is 0 Å². The molecule has 0 spiro atoms. The van der Waals surface area contributed by atoms with Gasteiger partial charge in [0.05, 0.1) is 0 Å². The highest BCUT2D eigenvalue weighted by Gasteiger charge is 2.19. The van der Waals surface area contributed by atoms with Crippen molar-refractivity contribution < 1.29 is 28.6 Å². The third kappa shape index (κ3) is 43.6. The minimum Gasteiger partial charge on any atom is -0.462 e. The topological polar surface area (TPSA) is 78.9 Å². The molecule has 1 atom stereocenters. The van der Waals surface area contributed by atoms with E-state index >= 15 is 0 Å². The lowest BCUT2D eigenvalue weighted by molar-refractivity contribution is -0.167. The summed E-state index contributed by atoms with van der Waals surface area (Å²) in [7, 11) is 0. The SMILES string of the molecule is CC\C=C/C=C\C=C/C=C\C=C/CCCC(=O)OC(COC(=O)CCCC/C=C\C/C=C\CC)COC(=O)CCCCCCCCCCCCCCCCCCC. The van der Waals surface area contributed by atoms with Crippen LogP contribution in [-0.4, -0.2) is 37.2 Å². The highest BCUT2D eigenvalue weighted by atomic mass is 16.6. The molecule has 0 saturated carbocycles. The lowest BCUT2D eigenvalue weighted by atomic mass is 10.0. The fraction of sp³-hybridized carbons (Fsp3) is 0.667. The highest BCUT2D eigenvalue weighted by molar-refractivity contribution is 5.71. The lowest BCUT2D eigenvalue weighted by Gasteiger charge is -2.18. The molecule has 0 radical (unpaired) electrons. The van der Waals surface area contributed by atoms with Crippen molar-refractivity contribution in [3.05, 3.63) is 85.1 Å². The Bertz CT molecular complexity index is 1140. The van der Waals surface area contributed by atoms with Gasteiger partial charge >= 0.3 is 17.9 Å². The molecule has 0 aliphatic heterocycles. The van der Waals surface area contributed by atoms with Crippen molar-refractivity contribution in [2.75, 3.05) is 13.2 Å². The van der Waals surface area contributed by atoms with Crippen molar-refractivity contribution in [1.29, 1.82) is 0 Å². The summed E-state index contributed by atoms with van der Waals surface area (Å²) in [5, 5.41) is 0. The van der Waals surface area contributed by atoms with Crippen molar-refractivity contribution in [2.45, 2.75) is 207 Å². The minimum absolute atomic E-state index is 0.115. The zero-order valence-corrected chi connectivity index (χ0v) is 36.8.